The zero-order valence-corrected chi connectivity index (χ0v) is 12.9. The van der Waals surface area contributed by atoms with Crippen molar-refractivity contribution in [3.05, 3.63) is 29.6 Å². The summed E-state index contributed by atoms with van der Waals surface area (Å²) in [6, 6.07) is 4.14. The molecule has 0 saturated carbocycles. The summed E-state index contributed by atoms with van der Waals surface area (Å²) >= 11 is 1.91. The van der Waals surface area contributed by atoms with E-state index in [2.05, 4.69) is 0 Å². The first kappa shape index (κ1) is 14.9. The SMILES string of the molecule is CC(=O)c1cc(F)ccc1OC1CCOC2(CCSC2)C1. The van der Waals surface area contributed by atoms with Crippen molar-refractivity contribution < 1.29 is 18.7 Å². The molecule has 2 aliphatic rings. The lowest BCUT2D eigenvalue weighted by molar-refractivity contribution is -0.0959. The molecule has 114 valence electrons. The van der Waals surface area contributed by atoms with Gasteiger partial charge in [-0.3, -0.25) is 4.79 Å². The van der Waals surface area contributed by atoms with Gasteiger partial charge in [-0.15, -0.1) is 0 Å². The van der Waals surface area contributed by atoms with E-state index in [1.807, 2.05) is 11.8 Å². The second-order valence-electron chi connectivity index (χ2n) is 5.76. The maximum absolute atomic E-state index is 13.3. The van der Waals surface area contributed by atoms with Crippen molar-refractivity contribution in [2.45, 2.75) is 37.9 Å². The Morgan fingerprint density at radius 1 is 1.52 bits per heavy atom. The number of ketones is 1. The van der Waals surface area contributed by atoms with Gasteiger partial charge in [0, 0.05) is 18.6 Å². The van der Waals surface area contributed by atoms with E-state index in [0.29, 0.717) is 17.9 Å². The molecule has 3 nitrogen and oxygen atoms in total. The number of Topliss-reactive ketones (excluding diaryl/α,β-unsaturated/α-hetero) is 1. The van der Waals surface area contributed by atoms with E-state index < -0.39 is 5.82 Å². The van der Waals surface area contributed by atoms with Gasteiger partial charge in [-0.1, -0.05) is 0 Å². The fourth-order valence-corrected chi connectivity index (χ4v) is 4.38. The second kappa shape index (κ2) is 5.97. The molecule has 0 aliphatic carbocycles. The Kier molecular flexibility index (Phi) is 4.22. The molecule has 1 spiro atoms. The van der Waals surface area contributed by atoms with Crippen LogP contribution in [-0.2, 0) is 4.74 Å². The van der Waals surface area contributed by atoms with Crippen LogP contribution in [0.2, 0.25) is 0 Å². The molecule has 2 atom stereocenters. The lowest BCUT2D eigenvalue weighted by Gasteiger charge is -2.37. The topological polar surface area (TPSA) is 35.5 Å². The van der Waals surface area contributed by atoms with Crippen molar-refractivity contribution in [3.63, 3.8) is 0 Å². The van der Waals surface area contributed by atoms with Crippen molar-refractivity contribution in [1.29, 1.82) is 0 Å². The van der Waals surface area contributed by atoms with Gasteiger partial charge in [0.15, 0.2) is 5.78 Å². The molecule has 0 amide bonds. The zero-order chi connectivity index (χ0) is 14.9. The Morgan fingerprint density at radius 3 is 3.10 bits per heavy atom. The quantitative estimate of drug-likeness (QED) is 0.801. The van der Waals surface area contributed by atoms with Crippen molar-refractivity contribution in [1.82, 2.24) is 0 Å². The number of hydrogen-bond donors (Lipinski definition) is 0. The Bertz CT molecular complexity index is 540. The molecule has 1 aromatic rings. The van der Waals surface area contributed by atoms with Crippen molar-refractivity contribution in [2.75, 3.05) is 18.1 Å². The fourth-order valence-electron chi connectivity index (χ4n) is 3.01. The van der Waals surface area contributed by atoms with Crippen molar-refractivity contribution >= 4 is 17.5 Å². The number of rotatable bonds is 3. The highest BCUT2D eigenvalue weighted by Gasteiger charge is 2.41. The lowest BCUT2D eigenvalue weighted by atomic mass is 9.91. The van der Waals surface area contributed by atoms with Gasteiger partial charge in [-0.25, -0.2) is 4.39 Å². The molecule has 2 aliphatic heterocycles. The zero-order valence-electron chi connectivity index (χ0n) is 12.1. The summed E-state index contributed by atoms with van der Waals surface area (Å²) in [5.41, 5.74) is 0.251. The molecule has 0 N–H and O–H groups in total. The van der Waals surface area contributed by atoms with Gasteiger partial charge >= 0.3 is 0 Å². The van der Waals surface area contributed by atoms with E-state index in [0.717, 1.165) is 30.8 Å². The van der Waals surface area contributed by atoms with Crippen LogP contribution in [0.15, 0.2) is 18.2 Å². The average molecular weight is 310 g/mol. The van der Waals surface area contributed by atoms with Gasteiger partial charge < -0.3 is 9.47 Å². The van der Waals surface area contributed by atoms with E-state index in [9.17, 15) is 9.18 Å². The first-order chi connectivity index (χ1) is 10.1. The van der Waals surface area contributed by atoms with Gasteiger partial charge in [0.2, 0.25) is 0 Å². The molecule has 2 heterocycles. The third-order valence-corrected chi connectivity index (χ3v) is 5.35. The summed E-state index contributed by atoms with van der Waals surface area (Å²) in [7, 11) is 0. The van der Waals surface area contributed by atoms with Crippen LogP contribution in [0.4, 0.5) is 4.39 Å². The number of carbonyl (C=O) groups is 1. The van der Waals surface area contributed by atoms with Crippen LogP contribution in [-0.4, -0.2) is 35.6 Å². The van der Waals surface area contributed by atoms with Gasteiger partial charge in [0.1, 0.15) is 17.7 Å². The highest BCUT2D eigenvalue weighted by Crippen LogP contribution is 2.39. The number of thioether (sulfide) groups is 1. The maximum atomic E-state index is 13.3. The van der Waals surface area contributed by atoms with Crippen LogP contribution < -0.4 is 4.74 Å². The Labute approximate surface area is 128 Å². The summed E-state index contributed by atoms with van der Waals surface area (Å²) in [6.45, 7) is 2.11. The van der Waals surface area contributed by atoms with Gasteiger partial charge in [-0.05, 0) is 37.3 Å². The molecule has 0 bridgehead atoms. The smallest absolute Gasteiger partial charge is 0.163 e. The standard InChI is InChI=1S/C16H19FO3S/c1-11(18)14-8-12(17)2-3-15(14)20-13-4-6-19-16(9-13)5-7-21-10-16/h2-3,8,13H,4-7,9-10H2,1H3. The summed E-state index contributed by atoms with van der Waals surface area (Å²) in [4.78, 5) is 11.6. The predicted molar refractivity (Wildman–Crippen MR) is 80.7 cm³/mol. The van der Waals surface area contributed by atoms with Crippen LogP contribution in [0.25, 0.3) is 0 Å². The van der Waals surface area contributed by atoms with E-state index in [-0.39, 0.29) is 17.5 Å². The molecule has 2 unspecified atom stereocenters. The van der Waals surface area contributed by atoms with E-state index >= 15 is 0 Å². The van der Waals surface area contributed by atoms with Crippen LogP contribution in [0, 0.1) is 5.82 Å². The molecule has 2 saturated heterocycles. The lowest BCUT2D eigenvalue weighted by Crippen LogP contribution is -2.44. The maximum Gasteiger partial charge on any atom is 0.163 e. The minimum atomic E-state index is -0.414. The molecule has 1 aromatic carbocycles. The first-order valence-corrected chi connectivity index (χ1v) is 8.42. The fraction of sp³-hybridized carbons (Fsp3) is 0.562. The molecule has 5 heteroatoms. The Balaban J connectivity index is 1.75. The minimum absolute atomic E-state index is 0.0287. The number of halogens is 1. The van der Waals surface area contributed by atoms with Crippen LogP contribution in [0.1, 0.15) is 36.5 Å². The predicted octanol–water partition coefficient (Wildman–Crippen LogP) is 3.46. The number of carbonyl (C=O) groups excluding carboxylic acids is 1. The number of hydrogen-bond acceptors (Lipinski definition) is 4. The highest BCUT2D eigenvalue weighted by atomic mass is 32.2. The van der Waals surface area contributed by atoms with E-state index in [1.165, 1.54) is 19.1 Å². The molecule has 0 aromatic heterocycles. The Morgan fingerprint density at radius 2 is 2.38 bits per heavy atom. The highest BCUT2D eigenvalue weighted by molar-refractivity contribution is 7.99. The van der Waals surface area contributed by atoms with Crippen LogP contribution in [0.5, 0.6) is 5.75 Å². The third-order valence-electron chi connectivity index (χ3n) is 4.13. The van der Waals surface area contributed by atoms with Crippen LogP contribution >= 0.6 is 11.8 Å². The molecular weight excluding hydrogens is 291 g/mol. The summed E-state index contributed by atoms with van der Waals surface area (Å²) in [5.74, 6) is 2.03. The number of benzene rings is 1. The number of ether oxygens (including phenoxy) is 2. The molecular formula is C16H19FO3S. The van der Waals surface area contributed by atoms with Gasteiger partial charge in [0.25, 0.3) is 0 Å². The third kappa shape index (κ3) is 3.24. The van der Waals surface area contributed by atoms with E-state index in [1.54, 1.807) is 6.07 Å². The second-order valence-corrected chi connectivity index (χ2v) is 6.87. The normalized spacial score (nSPS) is 28.8. The van der Waals surface area contributed by atoms with E-state index in [4.69, 9.17) is 9.47 Å². The summed E-state index contributed by atoms with van der Waals surface area (Å²) in [5, 5.41) is 0. The molecule has 21 heavy (non-hydrogen) atoms. The summed E-state index contributed by atoms with van der Waals surface area (Å²) in [6.07, 6.45) is 2.73. The van der Waals surface area contributed by atoms with Crippen molar-refractivity contribution in [3.8, 4) is 5.75 Å². The summed E-state index contributed by atoms with van der Waals surface area (Å²) < 4.78 is 25.3. The van der Waals surface area contributed by atoms with Crippen LogP contribution in [0.3, 0.4) is 0 Å². The first-order valence-electron chi connectivity index (χ1n) is 7.27. The molecule has 0 radical (unpaired) electrons. The Hall–Kier alpha value is -1.07. The minimum Gasteiger partial charge on any atom is -0.489 e. The monoisotopic (exact) mass is 310 g/mol. The largest absolute Gasteiger partial charge is 0.489 e. The molecule has 2 fully saturated rings. The van der Waals surface area contributed by atoms with Gasteiger partial charge in [-0.2, -0.15) is 11.8 Å². The van der Waals surface area contributed by atoms with Crippen molar-refractivity contribution in [2.24, 2.45) is 0 Å². The average Bonchev–Trinajstić information content (AvgIpc) is 2.88. The molecule has 3 rings (SSSR count). The van der Waals surface area contributed by atoms with Gasteiger partial charge in [0.05, 0.1) is 17.8 Å².